The first-order valence-corrected chi connectivity index (χ1v) is 5.99. The largest absolute Gasteiger partial charge is 0.493 e. The Hall–Kier alpha value is -1.06. The van der Waals surface area contributed by atoms with Crippen LogP contribution >= 0.6 is 0 Å². The van der Waals surface area contributed by atoms with E-state index in [2.05, 4.69) is 0 Å². The van der Waals surface area contributed by atoms with Gasteiger partial charge in [0.1, 0.15) is 5.75 Å². The lowest BCUT2D eigenvalue weighted by Crippen LogP contribution is -2.21. The van der Waals surface area contributed by atoms with Crippen molar-refractivity contribution in [3.05, 3.63) is 29.8 Å². The van der Waals surface area contributed by atoms with E-state index in [0.29, 0.717) is 19.4 Å². The fourth-order valence-electron chi connectivity index (χ4n) is 1.48. The van der Waals surface area contributed by atoms with Crippen molar-refractivity contribution in [2.24, 2.45) is 0 Å². The van der Waals surface area contributed by atoms with Crippen molar-refractivity contribution >= 4 is 0 Å². The van der Waals surface area contributed by atoms with Gasteiger partial charge in [0.2, 0.25) is 0 Å². The molecule has 1 aromatic carbocycles. The summed E-state index contributed by atoms with van der Waals surface area (Å²) in [5.74, 6) is 0.795. The zero-order valence-corrected chi connectivity index (χ0v) is 10.8. The van der Waals surface area contributed by atoms with Crippen LogP contribution in [0.5, 0.6) is 5.75 Å². The Morgan fingerprint density at radius 3 is 2.29 bits per heavy atom. The predicted octanol–water partition coefficient (Wildman–Crippen LogP) is 2.15. The summed E-state index contributed by atoms with van der Waals surface area (Å²) in [6.45, 7) is 5.80. The molecule has 17 heavy (non-hydrogen) atoms. The highest BCUT2D eigenvalue weighted by Gasteiger charge is 2.11. The fourth-order valence-corrected chi connectivity index (χ4v) is 1.48. The summed E-state index contributed by atoms with van der Waals surface area (Å²) in [4.78, 5) is 0. The summed E-state index contributed by atoms with van der Waals surface area (Å²) in [5, 5.41) is 18.8. The van der Waals surface area contributed by atoms with Crippen LogP contribution in [0, 0.1) is 0 Å². The molecule has 96 valence electrons. The van der Waals surface area contributed by atoms with E-state index in [9.17, 15) is 10.2 Å². The van der Waals surface area contributed by atoms with Crippen LogP contribution in [0.1, 0.15) is 32.8 Å². The van der Waals surface area contributed by atoms with Crippen molar-refractivity contribution in [2.45, 2.75) is 45.3 Å². The smallest absolute Gasteiger partial charge is 0.119 e. The summed E-state index contributed by atoms with van der Waals surface area (Å²) in [6, 6.07) is 7.68. The summed E-state index contributed by atoms with van der Waals surface area (Å²) in [5.41, 5.74) is 0.404. The Labute approximate surface area is 103 Å². The van der Waals surface area contributed by atoms with Gasteiger partial charge < -0.3 is 14.9 Å². The van der Waals surface area contributed by atoms with E-state index in [1.165, 1.54) is 0 Å². The third-order valence-electron chi connectivity index (χ3n) is 2.44. The van der Waals surface area contributed by atoms with Gasteiger partial charge in [-0.2, -0.15) is 0 Å². The molecule has 1 rings (SSSR count). The van der Waals surface area contributed by atoms with Crippen molar-refractivity contribution in [3.8, 4) is 5.75 Å². The molecule has 0 aliphatic rings. The number of benzene rings is 1. The zero-order chi connectivity index (χ0) is 12.9. The molecule has 0 bridgehead atoms. The van der Waals surface area contributed by atoms with Gasteiger partial charge in [0, 0.05) is 6.42 Å². The van der Waals surface area contributed by atoms with E-state index in [1.807, 2.05) is 24.3 Å². The molecule has 1 unspecified atom stereocenters. The molecule has 3 heteroatoms. The molecule has 3 nitrogen and oxygen atoms in total. The van der Waals surface area contributed by atoms with Crippen molar-refractivity contribution in [1.82, 2.24) is 0 Å². The SMILES string of the molecule is CC(O)Cc1ccc(OCCC(C)(C)O)cc1. The highest BCUT2D eigenvalue weighted by Crippen LogP contribution is 2.15. The standard InChI is InChI=1S/C14H22O3/c1-11(15)10-12-4-6-13(7-5-12)17-9-8-14(2,3)16/h4-7,11,15-16H,8-10H2,1-3H3. The van der Waals surface area contributed by atoms with Gasteiger partial charge in [0.05, 0.1) is 18.3 Å². The summed E-state index contributed by atoms with van der Waals surface area (Å²) in [7, 11) is 0. The maximum atomic E-state index is 9.53. The molecule has 0 fully saturated rings. The van der Waals surface area contributed by atoms with E-state index >= 15 is 0 Å². The van der Waals surface area contributed by atoms with Gasteiger partial charge in [0.25, 0.3) is 0 Å². The lowest BCUT2D eigenvalue weighted by atomic mass is 10.1. The zero-order valence-electron chi connectivity index (χ0n) is 10.8. The number of hydrogen-bond donors (Lipinski definition) is 2. The van der Waals surface area contributed by atoms with Gasteiger partial charge >= 0.3 is 0 Å². The molecular weight excluding hydrogens is 216 g/mol. The molecule has 0 heterocycles. The number of ether oxygens (including phenoxy) is 1. The minimum atomic E-state index is -0.688. The van der Waals surface area contributed by atoms with Crippen LogP contribution in [0.4, 0.5) is 0 Å². The Morgan fingerprint density at radius 1 is 1.24 bits per heavy atom. The fraction of sp³-hybridized carbons (Fsp3) is 0.571. The minimum absolute atomic E-state index is 0.322. The normalized spacial score (nSPS) is 13.5. The van der Waals surface area contributed by atoms with E-state index < -0.39 is 5.60 Å². The molecule has 0 amide bonds. The van der Waals surface area contributed by atoms with Crippen LogP contribution in [0.2, 0.25) is 0 Å². The molecular formula is C14H22O3. The summed E-state index contributed by atoms with van der Waals surface area (Å²) in [6.07, 6.45) is 0.934. The van der Waals surface area contributed by atoms with Gasteiger partial charge in [-0.05, 0) is 44.9 Å². The number of hydrogen-bond acceptors (Lipinski definition) is 3. The van der Waals surface area contributed by atoms with Crippen molar-refractivity contribution in [1.29, 1.82) is 0 Å². The topological polar surface area (TPSA) is 49.7 Å². The second-order valence-electron chi connectivity index (χ2n) is 5.11. The average Bonchev–Trinajstić information content (AvgIpc) is 2.18. The van der Waals surface area contributed by atoms with E-state index in [-0.39, 0.29) is 6.10 Å². The lowest BCUT2D eigenvalue weighted by Gasteiger charge is -2.17. The van der Waals surface area contributed by atoms with Crippen LogP contribution in [0.15, 0.2) is 24.3 Å². The molecule has 1 aromatic rings. The van der Waals surface area contributed by atoms with Crippen LogP contribution < -0.4 is 4.74 Å². The Kier molecular flexibility index (Phi) is 4.97. The number of aliphatic hydroxyl groups excluding tert-OH is 1. The molecule has 0 radical (unpaired) electrons. The van der Waals surface area contributed by atoms with E-state index in [0.717, 1.165) is 11.3 Å². The monoisotopic (exact) mass is 238 g/mol. The lowest BCUT2D eigenvalue weighted by molar-refractivity contribution is 0.0553. The molecule has 0 saturated carbocycles. The third-order valence-corrected chi connectivity index (χ3v) is 2.44. The molecule has 0 aliphatic carbocycles. The van der Waals surface area contributed by atoms with Gasteiger partial charge in [-0.3, -0.25) is 0 Å². The highest BCUT2D eigenvalue weighted by atomic mass is 16.5. The summed E-state index contributed by atoms with van der Waals surface area (Å²) < 4.78 is 5.52. The third kappa shape index (κ3) is 6.29. The maximum Gasteiger partial charge on any atom is 0.119 e. The van der Waals surface area contributed by atoms with E-state index in [4.69, 9.17) is 4.74 Å². The first-order chi connectivity index (χ1) is 7.87. The van der Waals surface area contributed by atoms with Gasteiger partial charge in [-0.15, -0.1) is 0 Å². The van der Waals surface area contributed by atoms with Gasteiger partial charge in [0.15, 0.2) is 0 Å². The predicted molar refractivity (Wildman–Crippen MR) is 68.2 cm³/mol. The molecule has 2 N–H and O–H groups in total. The van der Waals surface area contributed by atoms with Crippen LogP contribution in [-0.4, -0.2) is 28.5 Å². The highest BCUT2D eigenvalue weighted by molar-refractivity contribution is 5.27. The first-order valence-electron chi connectivity index (χ1n) is 5.99. The molecule has 0 aliphatic heterocycles. The second-order valence-corrected chi connectivity index (χ2v) is 5.11. The van der Waals surface area contributed by atoms with Gasteiger partial charge in [-0.1, -0.05) is 12.1 Å². The van der Waals surface area contributed by atoms with Crippen LogP contribution in [0.3, 0.4) is 0 Å². The molecule has 1 atom stereocenters. The van der Waals surface area contributed by atoms with Crippen molar-refractivity contribution < 1.29 is 14.9 Å². The Bertz CT molecular complexity index is 322. The quantitative estimate of drug-likeness (QED) is 0.798. The first kappa shape index (κ1) is 14.0. The van der Waals surface area contributed by atoms with Gasteiger partial charge in [-0.25, -0.2) is 0 Å². The number of rotatable bonds is 6. The second kappa shape index (κ2) is 6.03. The van der Waals surface area contributed by atoms with Crippen LogP contribution in [-0.2, 0) is 6.42 Å². The van der Waals surface area contributed by atoms with Crippen molar-refractivity contribution in [2.75, 3.05) is 6.61 Å². The summed E-state index contributed by atoms with van der Waals surface area (Å²) >= 11 is 0. The Balaban J connectivity index is 2.40. The Morgan fingerprint density at radius 2 is 1.82 bits per heavy atom. The molecule has 0 aromatic heterocycles. The van der Waals surface area contributed by atoms with Crippen LogP contribution in [0.25, 0.3) is 0 Å². The average molecular weight is 238 g/mol. The maximum absolute atomic E-state index is 9.53. The molecule has 0 saturated heterocycles. The minimum Gasteiger partial charge on any atom is -0.493 e. The number of aliphatic hydroxyl groups is 2. The van der Waals surface area contributed by atoms with E-state index in [1.54, 1.807) is 20.8 Å². The molecule has 0 spiro atoms. The van der Waals surface area contributed by atoms with Crippen molar-refractivity contribution in [3.63, 3.8) is 0 Å².